The summed E-state index contributed by atoms with van der Waals surface area (Å²) in [6.45, 7) is 10.3. The van der Waals surface area contributed by atoms with Crippen molar-refractivity contribution < 1.29 is 14.7 Å². The number of carbonyl (C=O) groups excluding carboxylic acids is 2. The highest BCUT2D eigenvalue weighted by molar-refractivity contribution is 5.96. The van der Waals surface area contributed by atoms with Crippen LogP contribution in [0, 0.1) is 12.8 Å². The summed E-state index contributed by atoms with van der Waals surface area (Å²) in [7, 11) is 1.86. The van der Waals surface area contributed by atoms with Gasteiger partial charge in [0.05, 0.1) is 24.1 Å². The fourth-order valence-electron chi connectivity index (χ4n) is 5.08. The Bertz CT molecular complexity index is 1250. The lowest BCUT2D eigenvalue weighted by Crippen LogP contribution is -2.39. The third-order valence-corrected chi connectivity index (χ3v) is 7.51. The van der Waals surface area contributed by atoms with Crippen LogP contribution in [0.4, 0.5) is 5.82 Å². The van der Waals surface area contributed by atoms with Gasteiger partial charge in [-0.3, -0.25) is 14.3 Å². The second-order valence-corrected chi connectivity index (χ2v) is 10.2. The number of fused-ring (bicyclic) bond motifs is 1. The van der Waals surface area contributed by atoms with Gasteiger partial charge in [0.1, 0.15) is 5.82 Å². The molecule has 0 atom stereocenters. The molecule has 2 aliphatic heterocycles. The van der Waals surface area contributed by atoms with Gasteiger partial charge in [0, 0.05) is 44.3 Å². The van der Waals surface area contributed by atoms with E-state index in [1.54, 1.807) is 15.8 Å². The molecule has 2 amide bonds. The minimum absolute atomic E-state index is 0.113. The number of anilines is 1. The quantitative estimate of drug-likeness (QED) is 0.571. The van der Waals surface area contributed by atoms with Crippen molar-refractivity contribution in [1.82, 2.24) is 19.6 Å². The molecule has 0 aliphatic carbocycles. The molecule has 4 rings (SSSR count). The third-order valence-electron chi connectivity index (χ3n) is 7.51. The second kappa shape index (κ2) is 12.3. The Labute approximate surface area is 225 Å². The number of benzene rings is 1. The standard InChI is InChI=1S/C30H39N5O3/c1-5-6-7-8-27-22(3)32-29-26(18-31-33(29)4)19-35(27)30(38)25-10-9-24(21(2)17-25)11-12-28(37)34-15-13-23(20-36)14-16-34/h6-10,17-18,23,32,36H,3,5,11-16,19-20H2,1-2,4H3/b7-6-,27-8+. The van der Waals surface area contributed by atoms with Crippen molar-refractivity contribution in [3.63, 3.8) is 0 Å². The van der Waals surface area contributed by atoms with E-state index < -0.39 is 0 Å². The van der Waals surface area contributed by atoms with Crippen LogP contribution in [0.25, 0.3) is 0 Å². The van der Waals surface area contributed by atoms with E-state index in [0.717, 1.165) is 41.8 Å². The van der Waals surface area contributed by atoms with Gasteiger partial charge in [0.25, 0.3) is 5.91 Å². The lowest BCUT2D eigenvalue weighted by atomic mass is 9.96. The molecular formula is C30H39N5O3. The molecule has 0 radical (unpaired) electrons. The summed E-state index contributed by atoms with van der Waals surface area (Å²) in [5.41, 5.74) is 4.92. The van der Waals surface area contributed by atoms with Crippen LogP contribution in [0.3, 0.4) is 0 Å². The van der Waals surface area contributed by atoms with Gasteiger partial charge in [-0.15, -0.1) is 0 Å². The predicted octanol–water partition coefficient (Wildman–Crippen LogP) is 4.32. The number of nitrogens with zero attached hydrogens (tertiary/aromatic N) is 4. The fraction of sp³-hybridized carbons (Fsp3) is 0.433. The number of hydrogen-bond donors (Lipinski definition) is 2. The van der Waals surface area contributed by atoms with Crippen LogP contribution in [0.2, 0.25) is 0 Å². The second-order valence-electron chi connectivity index (χ2n) is 10.2. The smallest absolute Gasteiger partial charge is 0.258 e. The first kappa shape index (κ1) is 27.4. The van der Waals surface area contributed by atoms with Crippen LogP contribution in [-0.4, -0.2) is 56.2 Å². The minimum Gasteiger partial charge on any atom is -0.396 e. The van der Waals surface area contributed by atoms with Gasteiger partial charge >= 0.3 is 0 Å². The lowest BCUT2D eigenvalue weighted by molar-refractivity contribution is -0.132. The molecule has 3 heterocycles. The highest BCUT2D eigenvalue weighted by atomic mass is 16.3. The molecular weight excluding hydrogens is 478 g/mol. The Morgan fingerprint density at radius 1 is 1.26 bits per heavy atom. The lowest BCUT2D eigenvalue weighted by Gasteiger charge is -2.31. The molecule has 0 spiro atoms. The summed E-state index contributed by atoms with van der Waals surface area (Å²) in [4.78, 5) is 30.2. The number of aryl methyl sites for hydroxylation is 3. The summed E-state index contributed by atoms with van der Waals surface area (Å²) in [6.07, 6.45) is 11.4. The molecule has 2 aromatic rings. The van der Waals surface area contributed by atoms with Crippen molar-refractivity contribution in [3.05, 3.63) is 82.9 Å². The van der Waals surface area contributed by atoms with Crippen molar-refractivity contribution in [2.45, 2.75) is 52.5 Å². The SMILES string of the molecule is C=C1Nc2c(cnn2C)CN(C(=O)c2ccc(CCC(=O)N3CCC(CO)CC3)c(C)c2)/C1=C/C=C\CC. The average Bonchev–Trinajstić information content (AvgIpc) is 3.19. The van der Waals surface area contributed by atoms with Gasteiger partial charge in [0.15, 0.2) is 0 Å². The normalized spacial score (nSPS) is 17.6. The molecule has 1 aromatic carbocycles. The highest BCUT2D eigenvalue weighted by Crippen LogP contribution is 2.30. The maximum absolute atomic E-state index is 13.8. The molecule has 202 valence electrons. The summed E-state index contributed by atoms with van der Waals surface area (Å²) >= 11 is 0. The van der Waals surface area contributed by atoms with Gasteiger partial charge in [0.2, 0.25) is 5.91 Å². The van der Waals surface area contributed by atoms with Crippen LogP contribution in [0.1, 0.15) is 59.7 Å². The molecule has 1 aromatic heterocycles. The van der Waals surface area contributed by atoms with Crippen LogP contribution in [0.15, 0.2) is 60.6 Å². The molecule has 0 unspecified atom stereocenters. The Morgan fingerprint density at radius 2 is 2.03 bits per heavy atom. The van der Waals surface area contributed by atoms with E-state index in [9.17, 15) is 14.7 Å². The van der Waals surface area contributed by atoms with Crippen molar-refractivity contribution >= 4 is 17.6 Å². The first-order valence-corrected chi connectivity index (χ1v) is 13.5. The Kier molecular flexibility index (Phi) is 8.84. The predicted molar refractivity (Wildman–Crippen MR) is 149 cm³/mol. The molecule has 1 fully saturated rings. The number of rotatable bonds is 7. The van der Waals surface area contributed by atoms with Crippen LogP contribution in [0.5, 0.6) is 0 Å². The molecule has 0 bridgehead atoms. The number of piperidine rings is 1. The molecule has 1 saturated heterocycles. The van der Waals surface area contributed by atoms with Crippen LogP contribution in [-0.2, 0) is 24.8 Å². The molecule has 38 heavy (non-hydrogen) atoms. The van der Waals surface area contributed by atoms with E-state index in [1.807, 2.05) is 55.3 Å². The first-order chi connectivity index (χ1) is 18.3. The number of likely N-dealkylation sites (tertiary alicyclic amines) is 1. The van der Waals surface area contributed by atoms with Crippen molar-refractivity contribution in [2.24, 2.45) is 13.0 Å². The van der Waals surface area contributed by atoms with E-state index in [0.29, 0.717) is 55.4 Å². The first-order valence-electron chi connectivity index (χ1n) is 13.5. The van der Waals surface area contributed by atoms with Crippen molar-refractivity contribution in [1.29, 1.82) is 0 Å². The van der Waals surface area contributed by atoms with Gasteiger partial charge < -0.3 is 20.2 Å². The average molecular weight is 518 g/mol. The summed E-state index contributed by atoms with van der Waals surface area (Å²) in [5, 5.41) is 17.0. The number of aliphatic hydroxyl groups is 1. The third kappa shape index (κ3) is 6.07. The van der Waals surface area contributed by atoms with Gasteiger partial charge in [-0.1, -0.05) is 31.7 Å². The Balaban J connectivity index is 1.50. The molecule has 0 saturated carbocycles. The Morgan fingerprint density at radius 3 is 2.71 bits per heavy atom. The van der Waals surface area contributed by atoms with Crippen molar-refractivity contribution in [3.8, 4) is 0 Å². The van der Waals surface area contributed by atoms with Gasteiger partial charge in [-0.25, -0.2) is 0 Å². The van der Waals surface area contributed by atoms with E-state index in [1.165, 1.54) is 0 Å². The molecule has 2 N–H and O–H groups in total. The fourth-order valence-corrected chi connectivity index (χ4v) is 5.08. The number of allylic oxidation sites excluding steroid dienone is 3. The number of aromatic nitrogens is 2. The van der Waals surface area contributed by atoms with Crippen LogP contribution < -0.4 is 5.32 Å². The largest absolute Gasteiger partial charge is 0.396 e. The van der Waals surface area contributed by atoms with Gasteiger partial charge in [-0.05, 0) is 67.9 Å². The zero-order chi connectivity index (χ0) is 27.2. The van der Waals surface area contributed by atoms with E-state index in [-0.39, 0.29) is 18.4 Å². The molecule has 8 nitrogen and oxygen atoms in total. The number of nitrogens with one attached hydrogen (secondary N) is 1. The van der Waals surface area contributed by atoms with Crippen molar-refractivity contribution in [2.75, 3.05) is 25.0 Å². The topological polar surface area (TPSA) is 90.7 Å². The molecule has 2 aliphatic rings. The zero-order valence-corrected chi connectivity index (χ0v) is 22.7. The van der Waals surface area contributed by atoms with E-state index in [2.05, 4.69) is 23.9 Å². The highest BCUT2D eigenvalue weighted by Gasteiger charge is 2.28. The monoisotopic (exact) mass is 517 g/mol. The van der Waals surface area contributed by atoms with E-state index >= 15 is 0 Å². The number of hydrogen-bond acceptors (Lipinski definition) is 5. The number of carbonyl (C=O) groups is 2. The number of amides is 2. The van der Waals surface area contributed by atoms with E-state index in [4.69, 9.17) is 0 Å². The minimum atomic E-state index is -0.113. The summed E-state index contributed by atoms with van der Waals surface area (Å²) in [5.74, 6) is 1.18. The zero-order valence-electron chi connectivity index (χ0n) is 22.7. The summed E-state index contributed by atoms with van der Waals surface area (Å²) in [6, 6.07) is 5.74. The molecule has 8 heteroatoms. The maximum atomic E-state index is 13.8. The maximum Gasteiger partial charge on any atom is 0.258 e. The van der Waals surface area contributed by atoms with Crippen LogP contribution >= 0.6 is 0 Å². The van der Waals surface area contributed by atoms with Gasteiger partial charge in [-0.2, -0.15) is 5.10 Å². The number of aliphatic hydroxyl groups excluding tert-OH is 1. The summed E-state index contributed by atoms with van der Waals surface area (Å²) < 4.78 is 1.75. The Hall–Kier alpha value is -3.65.